The number of fused-ring (bicyclic) bond motifs is 5. The number of hydrogen-bond acceptors (Lipinski definition) is 2. The second-order valence-electron chi connectivity index (χ2n) is 4.24. The topological polar surface area (TPSA) is 26.0 Å². The third-order valence-electron chi connectivity index (χ3n) is 3.24. The van der Waals surface area contributed by atoms with Gasteiger partial charge in [-0.15, -0.1) is 0 Å². The quantitative estimate of drug-likeness (QED) is 0.421. The molecule has 0 saturated heterocycles. The molecule has 0 aliphatic heterocycles. The van der Waals surface area contributed by atoms with Crippen molar-refractivity contribution >= 4 is 44.3 Å². The summed E-state index contributed by atoms with van der Waals surface area (Å²) in [5.74, 6) is 0. The van der Waals surface area contributed by atoms with Crippen molar-refractivity contribution in [2.75, 3.05) is 0 Å². The number of nitrogens with zero attached hydrogens (tertiary/aromatic N) is 1. The zero-order chi connectivity index (χ0) is 12.1. The van der Waals surface area contributed by atoms with E-state index in [0.29, 0.717) is 5.15 Å². The van der Waals surface area contributed by atoms with Crippen LogP contribution in [0.3, 0.4) is 0 Å². The van der Waals surface area contributed by atoms with Crippen molar-refractivity contribution in [1.82, 2.24) is 4.98 Å². The molecule has 0 aliphatic carbocycles. The minimum absolute atomic E-state index is 0.509. The first-order valence-electron chi connectivity index (χ1n) is 5.69. The van der Waals surface area contributed by atoms with Gasteiger partial charge >= 0.3 is 0 Å². The molecule has 18 heavy (non-hydrogen) atoms. The monoisotopic (exact) mass is 253 g/mol. The molecule has 2 nitrogen and oxygen atoms in total. The molecule has 3 heteroatoms. The standard InChI is InChI=1S/C15H8ClNO/c16-15-12-6-5-10-9-3-1-2-4-13(9)18-14(10)11(12)7-8-17-15/h1-8H. The first kappa shape index (κ1) is 9.92. The molecule has 0 bridgehead atoms. The molecule has 4 rings (SSSR count). The summed E-state index contributed by atoms with van der Waals surface area (Å²) in [5, 5.41) is 4.67. The van der Waals surface area contributed by atoms with Gasteiger partial charge in [0.15, 0.2) is 0 Å². The second-order valence-corrected chi connectivity index (χ2v) is 4.60. The summed E-state index contributed by atoms with van der Waals surface area (Å²) in [7, 11) is 0. The number of rotatable bonds is 0. The molecule has 0 amide bonds. The molecule has 0 unspecified atom stereocenters. The second kappa shape index (κ2) is 3.47. The Balaban J connectivity index is 2.32. The predicted octanol–water partition coefficient (Wildman–Crippen LogP) is 4.79. The molecule has 2 aromatic heterocycles. The van der Waals surface area contributed by atoms with Crippen LogP contribution in [0.5, 0.6) is 0 Å². The summed E-state index contributed by atoms with van der Waals surface area (Å²) in [6.45, 7) is 0. The number of pyridine rings is 1. The summed E-state index contributed by atoms with van der Waals surface area (Å²) >= 11 is 6.10. The normalized spacial score (nSPS) is 11.6. The van der Waals surface area contributed by atoms with E-state index < -0.39 is 0 Å². The Labute approximate surface area is 108 Å². The summed E-state index contributed by atoms with van der Waals surface area (Å²) in [6.07, 6.45) is 1.71. The van der Waals surface area contributed by atoms with Crippen molar-refractivity contribution in [2.45, 2.75) is 0 Å². The Kier molecular flexibility index (Phi) is 1.91. The van der Waals surface area contributed by atoms with Crippen LogP contribution < -0.4 is 0 Å². The number of furan rings is 1. The molecule has 4 aromatic rings. The first-order chi connectivity index (χ1) is 8.84. The van der Waals surface area contributed by atoms with Crippen molar-refractivity contribution in [3.8, 4) is 0 Å². The number of benzene rings is 2. The third kappa shape index (κ3) is 1.21. The van der Waals surface area contributed by atoms with Gasteiger partial charge in [0.2, 0.25) is 0 Å². The molecule has 0 atom stereocenters. The van der Waals surface area contributed by atoms with Gasteiger partial charge in [-0.3, -0.25) is 0 Å². The van der Waals surface area contributed by atoms with Crippen LogP contribution in [0.2, 0.25) is 5.15 Å². The zero-order valence-corrected chi connectivity index (χ0v) is 10.1. The minimum Gasteiger partial charge on any atom is -0.455 e. The van der Waals surface area contributed by atoms with Crippen LogP contribution in [0.25, 0.3) is 32.7 Å². The molecule has 0 saturated carbocycles. The van der Waals surface area contributed by atoms with Gasteiger partial charge < -0.3 is 4.42 Å². The van der Waals surface area contributed by atoms with E-state index >= 15 is 0 Å². The smallest absolute Gasteiger partial charge is 0.143 e. The van der Waals surface area contributed by atoms with Crippen LogP contribution in [-0.4, -0.2) is 4.98 Å². The van der Waals surface area contributed by atoms with Crippen molar-refractivity contribution < 1.29 is 4.42 Å². The Morgan fingerprint density at radius 3 is 2.56 bits per heavy atom. The van der Waals surface area contributed by atoms with Gasteiger partial charge in [-0.05, 0) is 18.2 Å². The number of para-hydroxylation sites is 1. The van der Waals surface area contributed by atoms with Crippen LogP contribution in [0, 0.1) is 0 Å². The van der Waals surface area contributed by atoms with Crippen molar-refractivity contribution in [1.29, 1.82) is 0 Å². The van der Waals surface area contributed by atoms with Crippen LogP contribution >= 0.6 is 11.6 Å². The van der Waals surface area contributed by atoms with Gasteiger partial charge in [-0.2, -0.15) is 0 Å². The van der Waals surface area contributed by atoms with E-state index in [0.717, 1.165) is 32.7 Å². The maximum absolute atomic E-state index is 6.10. The highest BCUT2D eigenvalue weighted by Gasteiger charge is 2.10. The van der Waals surface area contributed by atoms with E-state index in [2.05, 4.69) is 11.1 Å². The molecule has 0 aliphatic rings. The molecule has 0 fully saturated rings. The van der Waals surface area contributed by atoms with Gasteiger partial charge in [-0.25, -0.2) is 4.98 Å². The number of hydrogen-bond donors (Lipinski definition) is 0. The SMILES string of the molecule is Clc1nccc2c1ccc1c3ccccc3oc21. The fraction of sp³-hybridized carbons (Fsp3) is 0. The van der Waals surface area contributed by atoms with Crippen LogP contribution in [0.1, 0.15) is 0 Å². The highest BCUT2D eigenvalue weighted by molar-refractivity contribution is 6.35. The van der Waals surface area contributed by atoms with Gasteiger partial charge in [0.05, 0.1) is 0 Å². The molecule has 2 heterocycles. The summed E-state index contributed by atoms with van der Waals surface area (Å²) in [6, 6.07) is 14.0. The van der Waals surface area contributed by atoms with Gasteiger partial charge in [0, 0.05) is 27.7 Å². The van der Waals surface area contributed by atoms with E-state index in [9.17, 15) is 0 Å². The average molecular weight is 254 g/mol. The van der Waals surface area contributed by atoms with Crippen molar-refractivity contribution in [3.63, 3.8) is 0 Å². The molecular weight excluding hydrogens is 246 g/mol. The Morgan fingerprint density at radius 1 is 0.833 bits per heavy atom. The molecule has 86 valence electrons. The van der Waals surface area contributed by atoms with Crippen LogP contribution in [0.4, 0.5) is 0 Å². The fourth-order valence-corrected chi connectivity index (χ4v) is 2.62. The minimum atomic E-state index is 0.509. The number of halogens is 1. The van der Waals surface area contributed by atoms with Crippen molar-refractivity contribution in [3.05, 3.63) is 53.8 Å². The van der Waals surface area contributed by atoms with Crippen molar-refractivity contribution in [2.24, 2.45) is 0 Å². The largest absolute Gasteiger partial charge is 0.455 e. The Morgan fingerprint density at radius 2 is 1.61 bits per heavy atom. The van der Waals surface area contributed by atoms with E-state index in [1.165, 1.54) is 0 Å². The van der Waals surface area contributed by atoms with Crippen LogP contribution in [-0.2, 0) is 0 Å². The van der Waals surface area contributed by atoms with Gasteiger partial charge in [0.25, 0.3) is 0 Å². The lowest BCUT2D eigenvalue weighted by Gasteiger charge is -1.99. The Bertz CT molecular complexity index is 895. The lowest BCUT2D eigenvalue weighted by atomic mass is 10.1. The summed E-state index contributed by atoms with van der Waals surface area (Å²) < 4.78 is 5.93. The van der Waals surface area contributed by atoms with Gasteiger partial charge in [-0.1, -0.05) is 35.9 Å². The lowest BCUT2D eigenvalue weighted by molar-refractivity contribution is 0.672. The van der Waals surface area contributed by atoms with E-state index in [1.54, 1.807) is 6.20 Å². The summed E-state index contributed by atoms with van der Waals surface area (Å²) in [4.78, 5) is 4.09. The average Bonchev–Trinajstić information content (AvgIpc) is 2.78. The van der Waals surface area contributed by atoms with E-state index in [-0.39, 0.29) is 0 Å². The highest BCUT2D eigenvalue weighted by atomic mass is 35.5. The third-order valence-corrected chi connectivity index (χ3v) is 3.54. The van der Waals surface area contributed by atoms with E-state index in [1.807, 2.05) is 36.4 Å². The summed E-state index contributed by atoms with van der Waals surface area (Å²) in [5.41, 5.74) is 1.77. The zero-order valence-electron chi connectivity index (χ0n) is 9.35. The number of aromatic nitrogens is 1. The molecule has 0 N–H and O–H groups in total. The lowest BCUT2D eigenvalue weighted by Crippen LogP contribution is -1.78. The molecule has 0 radical (unpaired) electrons. The maximum Gasteiger partial charge on any atom is 0.143 e. The fourth-order valence-electron chi connectivity index (χ4n) is 2.40. The molecule has 0 spiro atoms. The molecule has 2 aromatic carbocycles. The van der Waals surface area contributed by atoms with Crippen LogP contribution in [0.15, 0.2) is 53.1 Å². The predicted molar refractivity (Wildman–Crippen MR) is 74.0 cm³/mol. The maximum atomic E-state index is 6.10. The molecular formula is C15H8ClNO. The van der Waals surface area contributed by atoms with E-state index in [4.69, 9.17) is 16.0 Å². The first-order valence-corrected chi connectivity index (χ1v) is 6.07. The Hall–Kier alpha value is -2.06. The highest BCUT2D eigenvalue weighted by Crippen LogP contribution is 2.35. The van der Waals surface area contributed by atoms with Gasteiger partial charge in [0.1, 0.15) is 16.3 Å².